The standard InChI is InChI=1S/C11H21NO2/c1-3-9(2)14-11(13)5-4-10-6-7-12-8-10/h9-10,12H,3-8H2,1-2H3. The van der Waals surface area contributed by atoms with Crippen LogP contribution in [0.15, 0.2) is 0 Å². The molecule has 1 rings (SSSR count). The van der Waals surface area contributed by atoms with Crippen LogP contribution in [0.2, 0.25) is 0 Å². The van der Waals surface area contributed by atoms with Crippen molar-refractivity contribution >= 4 is 5.97 Å². The van der Waals surface area contributed by atoms with Gasteiger partial charge in [-0.3, -0.25) is 4.79 Å². The van der Waals surface area contributed by atoms with Crippen LogP contribution in [0, 0.1) is 5.92 Å². The second kappa shape index (κ2) is 6.02. The molecule has 0 aliphatic carbocycles. The van der Waals surface area contributed by atoms with Crippen molar-refractivity contribution in [3.05, 3.63) is 0 Å². The van der Waals surface area contributed by atoms with Crippen LogP contribution in [-0.4, -0.2) is 25.2 Å². The SMILES string of the molecule is CCC(C)OC(=O)CCC1CCNC1. The Labute approximate surface area is 86.2 Å². The monoisotopic (exact) mass is 199 g/mol. The summed E-state index contributed by atoms with van der Waals surface area (Å²) in [4.78, 5) is 11.3. The Hall–Kier alpha value is -0.570. The molecule has 1 aliphatic rings. The number of hydrogen-bond acceptors (Lipinski definition) is 3. The van der Waals surface area contributed by atoms with E-state index < -0.39 is 0 Å². The van der Waals surface area contributed by atoms with Gasteiger partial charge in [0.15, 0.2) is 0 Å². The topological polar surface area (TPSA) is 38.3 Å². The Morgan fingerprint density at radius 1 is 1.64 bits per heavy atom. The van der Waals surface area contributed by atoms with Gasteiger partial charge in [-0.1, -0.05) is 6.92 Å². The maximum atomic E-state index is 11.3. The molecule has 1 heterocycles. The minimum atomic E-state index is -0.0359. The van der Waals surface area contributed by atoms with E-state index in [0.717, 1.165) is 25.9 Å². The minimum absolute atomic E-state index is 0.0359. The molecule has 0 spiro atoms. The lowest BCUT2D eigenvalue weighted by Gasteiger charge is -2.12. The first kappa shape index (κ1) is 11.5. The van der Waals surface area contributed by atoms with Gasteiger partial charge in [0.25, 0.3) is 0 Å². The van der Waals surface area contributed by atoms with Gasteiger partial charge < -0.3 is 10.1 Å². The van der Waals surface area contributed by atoms with E-state index >= 15 is 0 Å². The number of carbonyl (C=O) groups excluding carboxylic acids is 1. The maximum absolute atomic E-state index is 11.3. The van der Waals surface area contributed by atoms with E-state index in [4.69, 9.17) is 4.74 Å². The lowest BCUT2D eigenvalue weighted by Crippen LogP contribution is -2.15. The number of carbonyl (C=O) groups is 1. The molecule has 2 unspecified atom stereocenters. The van der Waals surface area contributed by atoms with Crippen molar-refractivity contribution in [1.82, 2.24) is 5.32 Å². The third-order valence-corrected chi connectivity index (χ3v) is 2.83. The number of esters is 1. The van der Waals surface area contributed by atoms with Gasteiger partial charge in [0, 0.05) is 6.42 Å². The highest BCUT2D eigenvalue weighted by Crippen LogP contribution is 2.15. The summed E-state index contributed by atoms with van der Waals surface area (Å²) in [6, 6.07) is 0. The highest BCUT2D eigenvalue weighted by atomic mass is 16.5. The summed E-state index contributed by atoms with van der Waals surface area (Å²) < 4.78 is 5.20. The lowest BCUT2D eigenvalue weighted by molar-refractivity contribution is -0.148. The molecule has 1 saturated heterocycles. The smallest absolute Gasteiger partial charge is 0.306 e. The summed E-state index contributed by atoms with van der Waals surface area (Å²) in [5.41, 5.74) is 0. The first-order chi connectivity index (χ1) is 6.72. The van der Waals surface area contributed by atoms with Crippen molar-refractivity contribution in [2.45, 2.75) is 45.6 Å². The predicted molar refractivity (Wildman–Crippen MR) is 56.1 cm³/mol. The summed E-state index contributed by atoms with van der Waals surface area (Å²) in [5, 5.41) is 3.30. The molecule has 0 saturated carbocycles. The molecule has 1 fully saturated rings. The highest BCUT2D eigenvalue weighted by Gasteiger charge is 2.16. The van der Waals surface area contributed by atoms with Gasteiger partial charge in [0.05, 0.1) is 6.10 Å². The van der Waals surface area contributed by atoms with Crippen LogP contribution in [0.4, 0.5) is 0 Å². The molecule has 1 N–H and O–H groups in total. The molecule has 82 valence electrons. The average molecular weight is 199 g/mol. The molecule has 1 aliphatic heterocycles. The van der Waals surface area contributed by atoms with Gasteiger partial charge in [-0.15, -0.1) is 0 Å². The van der Waals surface area contributed by atoms with E-state index in [-0.39, 0.29) is 12.1 Å². The maximum Gasteiger partial charge on any atom is 0.306 e. The first-order valence-corrected chi connectivity index (χ1v) is 5.62. The van der Waals surface area contributed by atoms with Crippen LogP contribution in [0.3, 0.4) is 0 Å². The van der Waals surface area contributed by atoms with Gasteiger partial charge in [0.1, 0.15) is 0 Å². The number of ether oxygens (including phenoxy) is 1. The van der Waals surface area contributed by atoms with E-state index in [1.807, 2.05) is 13.8 Å². The summed E-state index contributed by atoms with van der Waals surface area (Å²) in [6.45, 7) is 6.13. The number of hydrogen-bond donors (Lipinski definition) is 1. The van der Waals surface area contributed by atoms with E-state index in [1.54, 1.807) is 0 Å². The largest absolute Gasteiger partial charge is 0.463 e. The third kappa shape index (κ3) is 4.09. The Morgan fingerprint density at radius 3 is 3.00 bits per heavy atom. The Morgan fingerprint density at radius 2 is 2.43 bits per heavy atom. The molecular weight excluding hydrogens is 178 g/mol. The second-order valence-corrected chi connectivity index (χ2v) is 4.11. The zero-order chi connectivity index (χ0) is 10.4. The van der Waals surface area contributed by atoms with Crippen molar-refractivity contribution in [2.24, 2.45) is 5.92 Å². The fraction of sp³-hybridized carbons (Fsp3) is 0.909. The van der Waals surface area contributed by atoms with Gasteiger partial charge >= 0.3 is 5.97 Å². The van der Waals surface area contributed by atoms with E-state index in [1.165, 1.54) is 6.42 Å². The summed E-state index contributed by atoms with van der Waals surface area (Å²) in [6.07, 6.45) is 3.73. The fourth-order valence-corrected chi connectivity index (χ4v) is 1.65. The van der Waals surface area contributed by atoms with Crippen molar-refractivity contribution in [3.63, 3.8) is 0 Å². The summed E-state index contributed by atoms with van der Waals surface area (Å²) in [5.74, 6) is 0.644. The Bertz CT molecular complexity index is 176. The predicted octanol–water partition coefficient (Wildman–Crippen LogP) is 1.72. The van der Waals surface area contributed by atoms with E-state index in [9.17, 15) is 4.79 Å². The number of rotatable bonds is 5. The normalized spacial score (nSPS) is 23.4. The third-order valence-electron chi connectivity index (χ3n) is 2.83. The average Bonchev–Trinajstić information content (AvgIpc) is 2.67. The molecule has 2 atom stereocenters. The van der Waals surface area contributed by atoms with Crippen LogP contribution in [0.25, 0.3) is 0 Å². The molecule has 0 aromatic rings. The van der Waals surface area contributed by atoms with Gasteiger partial charge in [0.2, 0.25) is 0 Å². The Kier molecular flexibility index (Phi) is 4.94. The molecule has 3 nitrogen and oxygen atoms in total. The van der Waals surface area contributed by atoms with Gasteiger partial charge in [-0.25, -0.2) is 0 Å². The second-order valence-electron chi connectivity index (χ2n) is 4.11. The zero-order valence-corrected chi connectivity index (χ0v) is 9.21. The zero-order valence-electron chi connectivity index (χ0n) is 9.21. The van der Waals surface area contributed by atoms with Crippen molar-refractivity contribution in [1.29, 1.82) is 0 Å². The van der Waals surface area contributed by atoms with Crippen molar-refractivity contribution in [2.75, 3.05) is 13.1 Å². The summed E-state index contributed by atoms with van der Waals surface area (Å²) in [7, 11) is 0. The molecule has 3 heteroatoms. The molecule has 0 aromatic carbocycles. The van der Waals surface area contributed by atoms with Crippen LogP contribution < -0.4 is 5.32 Å². The molecule has 0 radical (unpaired) electrons. The minimum Gasteiger partial charge on any atom is -0.463 e. The van der Waals surface area contributed by atoms with Crippen LogP contribution >= 0.6 is 0 Å². The first-order valence-electron chi connectivity index (χ1n) is 5.62. The summed E-state index contributed by atoms with van der Waals surface area (Å²) >= 11 is 0. The molecular formula is C11H21NO2. The van der Waals surface area contributed by atoms with Gasteiger partial charge in [-0.2, -0.15) is 0 Å². The van der Waals surface area contributed by atoms with Crippen LogP contribution in [0.5, 0.6) is 0 Å². The van der Waals surface area contributed by atoms with Crippen LogP contribution in [-0.2, 0) is 9.53 Å². The lowest BCUT2D eigenvalue weighted by atomic mass is 10.0. The van der Waals surface area contributed by atoms with Gasteiger partial charge in [-0.05, 0) is 45.2 Å². The van der Waals surface area contributed by atoms with E-state index in [0.29, 0.717) is 12.3 Å². The molecule has 0 bridgehead atoms. The highest BCUT2D eigenvalue weighted by molar-refractivity contribution is 5.69. The molecule has 14 heavy (non-hydrogen) atoms. The quantitative estimate of drug-likeness (QED) is 0.685. The Balaban J connectivity index is 2.08. The molecule has 0 amide bonds. The van der Waals surface area contributed by atoms with Crippen molar-refractivity contribution < 1.29 is 9.53 Å². The molecule has 0 aromatic heterocycles. The van der Waals surface area contributed by atoms with Crippen molar-refractivity contribution in [3.8, 4) is 0 Å². The fourth-order valence-electron chi connectivity index (χ4n) is 1.65. The van der Waals surface area contributed by atoms with Crippen LogP contribution in [0.1, 0.15) is 39.5 Å². The van der Waals surface area contributed by atoms with E-state index in [2.05, 4.69) is 5.32 Å². The number of nitrogens with one attached hydrogen (secondary N) is 1.